The van der Waals surface area contributed by atoms with Crippen LogP contribution in [0.1, 0.15) is 27.0 Å². The van der Waals surface area contributed by atoms with Crippen molar-refractivity contribution in [2.75, 3.05) is 5.32 Å². The van der Waals surface area contributed by atoms with Crippen LogP contribution in [0.15, 0.2) is 78.9 Å². The summed E-state index contributed by atoms with van der Waals surface area (Å²) in [5.74, 6) is -0.905. The van der Waals surface area contributed by atoms with Crippen LogP contribution in [0.3, 0.4) is 0 Å². The van der Waals surface area contributed by atoms with Crippen molar-refractivity contribution in [3.63, 3.8) is 0 Å². The molecule has 0 aliphatic carbocycles. The van der Waals surface area contributed by atoms with Crippen LogP contribution < -0.4 is 5.32 Å². The van der Waals surface area contributed by atoms with E-state index in [0.717, 1.165) is 18.5 Å². The Morgan fingerprint density at radius 2 is 1.40 bits per heavy atom. The number of carbonyl (C=O) groups is 1. The number of aryl methyl sites for hydroxylation is 2. The molecule has 126 valence electrons. The van der Waals surface area contributed by atoms with Gasteiger partial charge in [0, 0.05) is 12.2 Å². The average molecular weight is 331 g/mol. The lowest BCUT2D eigenvalue weighted by Gasteiger charge is -2.09. The van der Waals surface area contributed by atoms with Crippen LogP contribution in [0.2, 0.25) is 0 Å². The minimum atomic E-state index is -0.905. The monoisotopic (exact) mass is 331 g/mol. The summed E-state index contributed by atoms with van der Waals surface area (Å²) in [6.45, 7) is 0.714. The molecule has 0 amide bonds. The van der Waals surface area contributed by atoms with E-state index < -0.39 is 5.97 Å². The van der Waals surface area contributed by atoms with Gasteiger partial charge in [-0.1, -0.05) is 54.6 Å². The van der Waals surface area contributed by atoms with Crippen molar-refractivity contribution in [3.8, 4) is 0 Å². The van der Waals surface area contributed by atoms with Crippen molar-refractivity contribution in [2.24, 2.45) is 0 Å². The van der Waals surface area contributed by atoms with Crippen LogP contribution in [0.25, 0.3) is 0 Å². The van der Waals surface area contributed by atoms with E-state index in [0.29, 0.717) is 12.1 Å². The lowest BCUT2D eigenvalue weighted by molar-refractivity contribution is 0.0697. The molecule has 0 aliphatic rings. The van der Waals surface area contributed by atoms with Gasteiger partial charge in [0.05, 0.1) is 5.56 Å². The summed E-state index contributed by atoms with van der Waals surface area (Å²) < 4.78 is 0. The smallest absolute Gasteiger partial charge is 0.335 e. The minimum absolute atomic E-state index is 0.299. The van der Waals surface area contributed by atoms with E-state index in [4.69, 9.17) is 5.11 Å². The predicted octanol–water partition coefficient (Wildman–Crippen LogP) is 4.78. The first kappa shape index (κ1) is 16.8. The fourth-order valence-electron chi connectivity index (χ4n) is 2.76. The first-order chi connectivity index (χ1) is 12.2. The molecule has 0 atom stereocenters. The van der Waals surface area contributed by atoms with E-state index in [1.807, 2.05) is 6.07 Å². The number of nitrogens with one attached hydrogen (secondary N) is 1. The van der Waals surface area contributed by atoms with Gasteiger partial charge in [0.15, 0.2) is 0 Å². The van der Waals surface area contributed by atoms with Crippen molar-refractivity contribution in [1.29, 1.82) is 0 Å². The third kappa shape index (κ3) is 4.95. The highest BCUT2D eigenvalue weighted by Crippen LogP contribution is 2.14. The highest BCUT2D eigenvalue weighted by Gasteiger charge is 2.02. The molecule has 25 heavy (non-hydrogen) atoms. The van der Waals surface area contributed by atoms with Crippen LogP contribution in [0.4, 0.5) is 5.69 Å². The van der Waals surface area contributed by atoms with Crippen molar-refractivity contribution in [1.82, 2.24) is 0 Å². The maximum atomic E-state index is 10.9. The van der Waals surface area contributed by atoms with E-state index in [1.165, 1.54) is 16.7 Å². The molecule has 0 fully saturated rings. The van der Waals surface area contributed by atoms with Gasteiger partial charge in [-0.3, -0.25) is 0 Å². The zero-order valence-electron chi connectivity index (χ0n) is 14.0. The van der Waals surface area contributed by atoms with E-state index in [-0.39, 0.29) is 0 Å². The molecule has 3 aromatic carbocycles. The fraction of sp³-hybridized carbons (Fsp3) is 0.136. The second kappa shape index (κ2) is 8.15. The molecule has 3 heteroatoms. The predicted molar refractivity (Wildman–Crippen MR) is 101 cm³/mol. The third-order valence-electron chi connectivity index (χ3n) is 4.17. The number of aromatic carboxylic acids is 1. The summed E-state index contributed by atoms with van der Waals surface area (Å²) in [6.07, 6.45) is 2.06. The van der Waals surface area contributed by atoms with Gasteiger partial charge in [-0.25, -0.2) is 4.79 Å². The number of hydrogen-bond donors (Lipinski definition) is 2. The largest absolute Gasteiger partial charge is 0.478 e. The van der Waals surface area contributed by atoms with Gasteiger partial charge in [-0.2, -0.15) is 0 Å². The molecule has 3 nitrogen and oxygen atoms in total. The minimum Gasteiger partial charge on any atom is -0.478 e. The van der Waals surface area contributed by atoms with Gasteiger partial charge in [0.25, 0.3) is 0 Å². The Hall–Kier alpha value is -3.07. The Morgan fingerprint density at radius 3 is 2.12 bits per heavy atom. The normalized spacial score (nSPS) is 10.4. The van der Waals surface area contributed by atoms with Crippen molar-refractivity contribution < 1.29 is 9.90 Å². The van der Waals surface area contributed by atoms with E-state index in [2.05, 4.69) is 53.8 Å². The molecule has 0 spiro atoms. The van der Waals surface area contributed by atoms with Crippen LogP contribution in [-0.4, -0.2) is 11.1 Å². The van der Waals surface area contributed by atoms with E-state index in [9.17, 15) is 4.79 Å². The molecule has 0 radical (unpaired) electrons. The number of carboxylic acid groups (broad SMARTS) is 1. The molecular weight excluding hydrogens is 310 g/mol. The van der Waals surface area contributed by atoms with Gasteiger partial charge in [-0.05, 0) is 53.8 Å². The first-order valence-corrected chi connectivity index (χ1v) is 8.40. The highest BCUT2D eigenvalue weighted by molar-refractivity contribution is 5.87. The average Bonchev–Trinajstić information content (AvgIpc) is 2.66. The van der Waals surface area contributed by atoms with Gasteiger partial charge in [0.2, 0.25) is 0 Å². The maximum Gasteiger partial charge on any atom is 0.335 e. The first-order valence-electron chi connectivity index (χ1n) is 8.40. The molecule has 3 rings (SSSR count). The Balaban J connectivity index is 1.57. The third-order valence-corrected chi connectivity index (χ3v) is 4.17. The molecule has 0 heterocycles. The molecule has 0 saturated heterocycles. The molecule has 3 aromatic rings. The van der Waals surface area contributed by atoms with E-state index >= 15 is 0 Å². The zero-order chi connectivity index (χ0) is 17.5. The molecule has 0 bridgehead atoms. The van der Waals surface area contributed by atoms with Crippen molar-refractivity contribution in [2.45, 2.75) is 19.4 Å². The van der Waals surface area contributed by atoms with Crippen molar-refractivity contribution >= 4 is 11.7 Å². The molecule has 0 saturated carbocycles. The summed E-state index contributed by atoms with van der Waals surface area (Å²) in [5.41, 5.74) is 5.11. The molecule has 0 aliphatic heterocycles. The van der Waals surface area contributed by atoms with E-state index in [1.54, 1.807) is 24.3 Å². The maximum absolute atomic E-state index is 10.9. The summed E-state index contributed by atoms with van der Waals surface area (Å²) in [6, 6.07) is 25.9. The molecule has 0 aromatic heterocycles. The van der Waals surface area contributed by atoms with Gasteiger partial charge in [-0.15, -0.1) is 0 Å². The standard InChI is InChI=1S/C22H21NO2/c24-22(25)20-11-13-21(14-12-20)23-16-19-8-4-7-18(15-19)10-9-17-5-2-1-3-6-17/h1-8,11-15,23H,9-10,16H2,(H,24,25). The second-order valence-electron chi connectivity index (χ2n) is 6.04. The Bertz CT molecular complexity index is 826. The molecule has 0 unspecified atom stereocenters. The van der Waals surface area contributed by atoms with Gasteiger partial charge < -0.3 is 10.4 Å². The summed E-state index contributed by atoms with van der Waals surface area (Å²) in [5, 5.41) is 12.3. The molecular formula is C22H21NO2. The highest BCUT2D eigenvalue weighted by atomic mass is 16.4. The summed E-state index contributed by atoms with van der Waals surface area (Å²) in [4.78, 5) is 10.9. The number of carboxylic acids is 1. The Morgan fingerprint density at radius 1 is 0.760 bits per heavy atom. The van der Waals surface area contributed by atoms with Crippen LogP contribution >= 0.6 is 0 Å². The lowest BCUT2D eigenvalue weighted by atomic mass is 10.0. The zero-order valence-corrected chi connectivity index (χ0v) is 14.0. The van der Waals surface area contributed by atoms with Crippen LogP contribution in [0, 0.1) is 0 Å². The topological polar surface area (TPSA) is 49.3 Å². The second-order valence-corrected chi connectivity index (χ2v) is 6.04. The number of benzene rings is 3. The van der Waals surface area contributed by atoms with Gasteiger partial charge in [0.1, 0.15) is 0 Å². The SMILES string of the molecule is O=C(O)c1ccc(NCc2cccc(CCc3ccccc3)c2)cc1. The number of rotatable bonds is 7. The van der Waals surface area contributed by atoms with Gasteiger partial charge >= 0.3 is 5.97 Å². The van der Waals surface area contributed by atoms with Crippen molar-refractivity contribution in [3.05, 3.63) is 101 Å². The summed E-state index contributed by atoms with van der Waals surface area (Å²) in [7, 11) is 0. The molecule has 2 N–H and O–H groups in total. The Kier molecular flexibility index (Phi) is 5.47. The van der Waals surface area contributed by atoms with Crippen LogP contribution in [0.5, 0.6) is 0 Å². The quantitative estimate of drug-likeness (QED) is 0.655. The Labute approximate surface area is 148 Å². The fourth-order valence-corrected chi connectivity index (χ4v) is 2.76. The lowest BCUT2D eigenvalue weighted by Crippen LogP contribution is -2.01. The van der Waals surface area contributed by atoms with Crippen LogP contribution in [-0.2, 0) is 19.4 Å². The number of anilines is 1. The number of hydrogen-bond acceptors (Lipinski definition) is 2. The summed E-state index contributed by atoms with van der Waals surface area (Å²) >= 11 is 0.